The van der Waals surface area contributed by atoms with Crippen molar-refractivity contribution in [3.8, 4) is 0 Å². The molecule has 4 N–H and O–H groups in total. The minimum atomic E-state index is -4.13. The van der Waals surface area contributed by atoms with Crippen LogP contribution in [0.1, 0.15) is 122 Å². The third kappa shape index (κ3) is 13.9. The summed E-state index contributed by atoms with van der Waals surface area (Å²) < 4.78 is 135. The molecule has 4 fully saturated rings. The summed E-state index contributed by atoms with van der Waals surface area (Å²) in [5, 5.41) is -3.08. The number of rotatable bonds is 18. The molecule has 0 aliphatic heterocycles. The molecule has 10 atom stereocenters. The molecule has 0 radical (unpaired) electrons. The van der Waals surface area contributed by atoms with Crippen LogP contribution >= 0.6 is 17.2 Å². The molecule has 4 aliphatic rings. The first-order valence-corrected chi connectivity index (χ1v) is 27.9. The van der Waals surface area contributed by atoms with Gasteiger partial charge in [0.15, 0.2) is 0 Å². The highest BCUT2D eigenvalue weighted by atomic mass is 32.2. The number of hydrogen-bond acceptors (Lipinski definition) is 8. The lowest BCUT2D eigenvalue weighted by Gasteiger charge is -2.41. The highest BCUT2D eigenvalue weighted by Crippen LogP contribution is 2.46. The Bertz CT molecular complexity index is 1320. The SMILES string of the molecule is O=S(=O)(O)C1CCCC(C(CCPCCCPCCC(C2CCCC(S(=O)(=O)O)C2)C2CCCC(S(=O)(=O)O)C2)C2CCCC(S(=O)(=O)O)C2)C1. The average molecular weight is 841 g/mol. The molecule has 0 saturated heterocycles. The fourth-order valence-electron chi connectivity index (χ4n) is 10.2. The monoisotopic (exact) mass is 840 g/mol. The quantitative estimate of drug-likeness (QED) is 0.0658. The van der Waals surface area contributed by atoms with E-state index in [9.17, 15) is 51.9 Å². The van der Waals surface area contributed by atoms with E-state index in [0.717, 1.165) is 86.8 Å². The Hall–Kier alpha value is 0.500. The molecular formula is C33H62O12P2S4. The summed E-state index contributed by atoms with van der Waals surface area (Å²) in [7, 11) is -15.1. The molecule has 12 nitrogen and oxygen atoms in total. The summed E-state index contributed by atoms with van der Waals surface area (Å²) >= 11 is 0. The first-order valence-electron chi connectivity index (χ1n) is 19.1. The van der Waals surface area contributed by atoms with Gasteiger partial charge in [-0.15, -0.1) is 17.2 Å². The van der Waals surface area contributed by atoms with Gasteiger partial charge >= 0.3 is 0 Å². The van der Waals surface area contributed by atoms with E-state index >= 15 is 0 Å². The third-order valence-electron chi connectivity index (χ3n) is 12.8. The van der Waals surface area contributed by atoms with Crippen LogP contribution in [0.5, 0.6) is 0 Å². The fourth-order valence-corrected chi connectivity index (χ4v) is 16.8. The van der Waals surface area contributed by atoms with Crippen LogP contribution in [0.3, 0.4) is 0 Å². The molecule has 10 unspecified atom stereocenters. The lowest BCUT2D eigenvalue weighted by Crippen LogP contribution is -2.37. The van der Waals surface area contributed by atoms with Gasteiger partial charge < -0.3 is 0 Å². The molecule has 300 valence electrons. The Morgan fingerprint density at radius 3 is 0.902 bits per heavy atom. The van der Waals surface area contributed by atoms with Crippen LogP contribution in [0.15, 0.2) is 0 Å². The topological polar surface area (TPSA) is 217 Å². The predicted molar refractivity (Wildman–Crippen MR) is 206 cm³/mol. The molecule has 4 aliphatic carbocycles. The van der Waals surface area contributed by atoms with E-state index in [1.54, 1.807) is 0 Å². The molecule has 4 saturated carbocycles. The molecule has 0 aromatic heterocycles. The second kappa shape index (κ2) is 19.6. The highest BCUT2D eigenvalue weighted by Gasteiger charge is 2.42. The fraction of sp³-hybridized carbons (Fsp3) is 1.00. The van der Waals surface area contributed by atoms with Crippen molar-refractivity contribution in [1.82, 2.24) is 0 Å². The summed E-state index contributed by atoms with van der Waals surface area (Å²) in [6.45, 7) is 0. The zero-order valence-corrected chi connectivity index (χ0v) is 35.0. The largest absolute Gasteiger partial charge is 0.285 e. The van der Waals surface area contributed by atoms with Gasteiger partial charge in [-0.05, 0) is 131 Å². The van der Waals surface area contributed by atoms with Crippen molar-refractivity contribution in [2.75, 3.05) is 24.6 Å². The van der Waals surface area contributed by atoms with Crippen molar-refractivity contribution < 1.29 is 51.9 Å². The van der Waals surface area contributed by atoms with Crippen molar-refractivity contribution in [3.05, 3.63) is 0 Å². The van der Waals surface area contributed by atoms with Crippen molar-refractivity contribution in [1.29, 1.82) is 0 Å². The molecule has 0 aromatic rings. The minimum Gasteiger partial charge on any atom is -0.285 e. The summed E-state index contributed by atoms with van der Waals surface area (Å²) in [4.78, 5) is 0. The van der Waals surface area contributed by atoms with Gasteiger partial charge in [0.2, 0.25) is 0 Å². The Kier molecular flexibility index (Phi) is 17.0. The van der Waals surface area contributed by atoms with Gasteiger partial charge in [-0.1, -0.05) is 51.4 Å². The summed E-state index contributed by atoms with van der Waals surface area (Å²) in [6.07, 6.45) is 16.6. The van der Waals surface area contributed by atoms with Gasteiger partial charge in [-0.2, -0.15) is 33.7 Å². The van der Waals surface area contributed by atoms with Crippen LogP contribution in [0.4, 0.5) is 0 Å². The molecule has 0 aromatic carbocycles. The first kappa shape index (κ1) is 44.2. The molecule has 4 rings (SSSR count). The zero-order valence-electron chi connectivity index (χ0n) is 29.7. The van der Waals surface area contributed by atoms with Crippen LogP contribution in [0, 0.1) is 35.5 Å². The second-order valence-electron chi connectivity index (χ2n) is 16.0. The van der Waals surface area contributed by atoms with Gasteiger partial charge in [-0.25, -0.2) is 0 Å². The van der Waals surface area contributed by atoms with Crippen molar-refractivity contribution in [3.63, 3.8) is 0 Å². The van der Waals surface area contributed by atoms with Gasteiger partial charge in [0.25, 0.3) is 40.5 Å². The maximum Gasteiger partial charge on any atom is 0.267 e. The minimum absolute atomic E-state index is 0.101. The third-order valence-corrected chi connectivity index (χ3v) is 20.6. The van der Waals surface area contributed by atoms with Crippen LogP contribution in [-0.4, -0.2) is 97.5 Å². The summed E-state index contributed by atoms with van der Waals surface area (Å²) in [6, 6.07) is 0. The standard InChI is InChI=1S/C33H62O12P2S4/c34-48(35,36)28-10-1-6-24(20-28)32(25-7-2-11-29(21-25)49(37,38)39)14-18-46-16-5-17-47-19-15-33(26-8-3-12-30(22-26)50(40,41)42)27-9-4-13-31(23-27)51(43,44)45/h24-33,46-47H,1-23H2,(H,34,35,36)(H,37,38,39)(H,40,41,42)(H,43,44,45). The second-order valence-corrected chi connectivity index (χ2v) is 25.8. The number of hydrogen-bond donors (Lipinski definition) is 4. The Labute approximate surface area is 311 Å². The molecular weight excluding hydrogens is 779 g/mol. The molecule has 0 amide bonds. The maximum atomic E-state index is 12.0. The zero-order chi connectivity index (χ0) is 37.5. The van der Waals surface area contributed by atoms with E-state index in [1.807, 2.05) is 0 Å². The Morgan fingerprint density at radius 1 is 0.412 bits per heavy atom. The maximum absolute atomic E-state index is 12.0. The molecule has 18 heteroatoms. The normalized spacial score (nSPS) is 33.5. The van der Waals surface area contributed by atoms with Crippen molar-refractivity contribution >= 4 is 57.6 Å². The van der Waals surface area contributed by atoms with E-state index in [0.29, 0.717) is 77.0 Å². The van der Waals surface area contributed by atoms with E-state index in [1.165, 1.54) is 0 Å². The van der Waals surface area contributed by atoms with Crippen LogP contribution in [-0.2, 0) is 40.5 Å². The van der Waals surface area contributed by atoms with Gasteiger partial charge in [0.05, 0.1) is 21.0 Å². The predicted octanol–water partition coefficient (Wildman–Crippen LogP) is 6.53. The van der Waals surface area contributed by atoms with E-state index in [-0.39, 0.29) is 35.5 Å². The van der Waals surface area contributed by atoms with Gasteiger partial charge in [0, 0.05) is 0 Å². The smallest absolute Gasteiger partial charge is 0.267 e. The highest BCUT2D eigenvalue weighted by molar-refractivity contribution is 7.87. The summed E-state index contributed by atoms with van der Waals surface area (Å²) in [5.74, 6) is 0.720. The Morgan fingerprint density at radius 2 is 0.667 bits per heavy atom. The summed E-state index contributed by atoms with van der Waals surface area (Å²) in [5.41, 5.74) is 0. The molecule has 0 heterocycles. The lowest BCUT2D eigenvalue weighted by molar-refractivity contribution is 0.140. The molecule has 51 heavy (non-hydrogen) atoms. The molecule has 0 bridgehead atoms. The van der Waals surface area contributed by atoms with Crippen LogP contribution in [0.25, 0.3) is 0 Å². The first-order chi connectivity index (χ1) is 23.8. The van der Waals surface area contributed by atoms with Gasteiger partial charge in [0.1, 0.15) is 0 Å². The van der Waals surface area contributed by atoms with E-state index < -0.39 is 61.5 Å². The Balaban J connectivity index is 1.26. The van der Waals surface area contributed by atoms with Crippen molar-refractivity contribution in [2.45, 2.75) is 143 Å². The van der Waals surface area contributed by atoms with Crippen molar-refractivity contribution in [2.24, 2.45) is 35.5 Å². The van der Waals surface area contributed by atoms with E-state index in [2.05, 4.69) is 0 Å². The average Bonchev–Trinajstić information content (AvgIpc) is 3.06. The van der Waals surface area contributed by atoms with Crippen LogP contribution in [0.2, 0.25) is 0 Å². The molecule has 0 spiro atoms. The van der Waals surface area contributed by atoms with Crippen LogP contribution < -0.4 is 0 Å². The lowest BCUT2D eigenvalue weighted by atomic mass is 9.68. The van der Waals surface area contributed by atoms with E-state index in [4.69, 9.17) is 0 Å². The van der Waals surface area contributed by atoms with Gasteiger partial charge in [-0.3, -0.25) is 18.2 Å².